The number of allylic oxidation sites excluding steroid dienone is 7. The van der Waals surface area contributed by atoms with E-state index in [1.165, 1.54) is 0 Å². The highest BCUT2D eigenvalue weighted by molar-refractivity contribution is 7.90. The zero-order valence-electron chi connectivity index (χ0n) is 38.5. The van der Waals surface area contributed by atoms with Gasteiger partial charge in [0.05, 0.1) is 17.2 Å². The second-order valence-electron chi connectivity index (χ2n) is 18.4. The second-order valence-corrected chi connectivity index (χ2v) is 23.5. The first kappa shape index (κ1) is 50.4. The number of alkyl halides is 3. The van der Waals surface area contributed by atoms with Crippen molar-refractivity contribution in [1.82, 2.24) is 4.31 Å². The van der Waals surface area contributed by atoms with Crippen molar-refractivity contribution in [2.24, 2.45) is 0 Å². The zero-order chi connectivity index (χ0) is 49.5. The van der Waals surface area contributed by atoms with Crippen LogP contribution in [0.15, 0.2) is 133 Å². The molecule has 11 nitrogen and oxygen atoms in total. The van der Waals surface area contributed by atoms with Gasteiger partial charge in [-0.1, -0.05) is 131 Å². The highest BCUT2D eigenvalue weighted by Crippen LogP contribution is 2.52. The van der Waals surface area contributed by atoms with Gasteiger partial charge in [-0.2, -0.15) is 38.4 Å². The highest BCUT2D eigenvalue weighted by Gasteiger charge is 2.51. The maximum Gasteiger partial charge on any atom is 0.516 e. The first-order valence-corrected chi connectivity index (χ1v) is 26.9. The normalized spacial score (nSPS) is 16.7. The van der Waals surface area contributed by atoms with Crippen molar-refractivity contribution in [3.8, 4) is 0 Å². The predicted octanol–water partition coefficient (Wildman–Crippen LogP) is 11.2. The van der Waals surface area contributed by atoms with Gasteiger partial charge >= 0.3 is 15.5 Å². The van der Waals surface area contributed by atoms with E-state index >= 15 is 0 Å². The number of nitrogens with one attached hydrogen (secondary N) is 1. The lowest BCUT2D eigenvalue weighted by Crippen LogP contribution is -2.37. The van der Waals surface area contributed by atoms with Crippen molar-refractivity contribution in [3.63, 3.8) is 0 Å². The third-order valence-corrected chi connectivity index (χ3v) is 15.9. The molecule has 0 saturated heterocycles. The van der Waals surface area contributed by atoms with Gasteiger partial charge in [0, 0.05) is 53.8 Å². The third-order valence-electron chi connectivity index (χ3n) is 12.8. The Morgan fingerprint density at radius 3 is 1.94 bits per heavy atom. The molecule has 0 radical (unpaired) electrons. The molecule has 0 aromatic heterocycles. The Morgan fingerprint density at radius 1 is 0.721 bits per heavy atom. The Labute approximate surface area is 397 Å². The molecule has 2 aliphatic rings. The molecular formula is C51H56F3N3O8S3. The fraction of sp³-hybridized carbons (Fsp3) is 0.333. The number of sulfonamides is 1. The van der Waals surface area contributed by atoms with E-state index in [-0.39, 0.29) is 35.4 Å². The van der Waals surface area contributed by atoms with Crippen LogP contribution in [0.1, 0.15) is 82.1 Å². The van der Waals surface area contributed by atoms with Gasteiger partial charge in [0.25, 0.3) is 20.2 Å². The number of anilines is 2. The van der Waals surface area contributed by atoms with E-state index in [2.05, 4.69) is 10.2 Å². The SMILES string of the molecule is CN(C1=C(/C=C/CC(C)(C)c2c(NCCCCS(=O)(=O)O)ccc3ccccc23)c2ccccc2/C1=C\C=C1\N(CCCCS(=O)(=O)O)c2ccc3ccccc3c2C1(C)C)S(=O)(=O)C(F)(F)F. The Bertz CT molecular complexity index is 3230. The molecule has 7 rings (SSSR count). The summed E-state index contributed by atoms with van der Waals surface area (Å²) in [5, 5.41) is 7.38. The summed E-state index contributed by atoms with van der Waals surface area (Å²) in [4.78, 5) is 2.06. The maximum atomic E-state index is 14.5. The molecular weight excluding hydrogens is 936 g/mol. The second kappa shape index (κ2) is 19.1. The van der Waals surface area contributed by atoms with Crippen molar-refractivity contribution in [1.29, 1.82) is 0 Å². The molecule has 362 valence electrons. The Hall–Kier alpha value is -5.46. The summed E-state index contributed by atoms with van der Waals surface area (Å²) in [6.07, 6.45) is 8.66. The summed E-state index contributed by atoms with van der Waals surface area (Å²) >= 11 is 0. The summed E-state index contributed by atoms with van der Waals surface area (Å²) in [7, 11) is -13.3. The van der Waals surface area contributed by atoms with Crippen molar-refractivity contribution in [3.05, 3.63) is 155 Å². The van der Waals surface area contributed by atoms with Crippen molar-refractivity contribution in [2.75, 3.05) is 41.9 Å². The van der Waals surface area contributed by atoms with Crippen molar-refractivity contribution < 1.29 is 47.5 Å². The largest absolute Gasteiger partial charge is 0.516 e. The lowest BCUT2D eigenvalue weighted by atomic mass is 9.77. The Kier molecular flexibility index (Phi) is 14.2. The number of halogens is 3. The van der Waals surface area contributed by atoms with Gasteiger partial charge in [-0.15, -0.1) is 0 Å². The van der Waals surface area contributed by atoms with E-state index < -0.39 is 52.4 Å². The minimum atomic E-state index is -5.91. The number of fused-ring (bicyclic) bond motifs is 5. The molecule has 0 amide bonds. The average molecular weight is 992 g/mol. The number of hydrogen-bond acceptors (Lipinski definition) is 8. The monoisotopic (exact) mass is 991 g/mol. The average Bonchev–Trinajstić information content (AvgIpc) is 3.68. The molecule has 5 aromatic carbocycles. The first-order chi connectivity index (χ1) is 31.8. The van der Waals surface area contributed by atoms with Crippen LogP contribution in [0, 0.1) is 0 Å². The van der Waals surface area contributed by atoms with Gasteiger partial charge in [0.1, 0.15) is 0 Å². The molecule has 0 fully saturated rings. The molecule has 5 aromatic rings. The predicted molar refractivity (Wildman–Crippen MR) is 267 cm³/mol. The third kappa shape index (κ3) is 10.4. The summed E-state index contributed by atoms with van der Waals surface area (Å²) in [6.45, 7) is 8.94. The molecule has 0 saturated carbocycles. The molecule has 0 unspecified atom stereocenters. The van der Waals surface area contributed by atoms with Crippen LogP contribution in [0.3, 0.4) is 0 Å². The van der Waals surface area contributed by atoms with Crippen LogP contribution in [-0.4, -0.2) is 75.8 Å². The van der Waals surface area contributed by atoms with Gasteiger partial charge in [0.15, 0.2) is 0 Å². The maximum absolute atomic E-state index is 14.5. The number of hydrogen-bond donors (Lipinski definition) is 3. The number of nitrogens with zero attached hydrogens (tertiary/aromatic N) is 2. The number of rotatable bonds is 18. The van der Waals surface area contributed by atoms with Gasteiger partial charge in [-0.05, 0) is 99.5 Å². The van der Waals surface area contributed by atoms with E-state index in [0.717, 1.165) is 56.8 Å². The van der Waals surface area contributed by atoms with E-state index in [4.69, 9.17) is 0 Å². The molecule has 68 heavy (non-hydrogen) atoms. The number of unbranched alkanes of at least 4 members (excludes halogenated alkanes) is 2. The van der Waals surface area contributed by atoms with Crippen LogP contribution >= 0.6 is 0 Å². The van der Waals surface area contributed by atoms with Gasteiger partial charge in [-0.25, -0.2) is 0 Å². The van der Waals surface area contributed by atoms with Gasteiger partial charge in [0.2, 0.25) is 0 Å². The summed E-state index contributed by atoms with van der Waals surface area (Å²) in [6, 6.07) is 30.7. The molecule has 1 aliphatic carbocycles. The summed E-state index contributed by atoms with van der Waals surface area (Å²) in [5.74, 6) is -0.771. The van der Waals surface area contributed by atoms with E-state index in [0.29, 0.717) is 47.8 Å². The van der Waals surface area contributed by atoms with Crippen LogP contribution in [0.25, 0.3) is 32.7 Å². The van der Waals surface area contributed by atoms with Crippen molar-refractivity contribution in [2.45, 2.75) is 76.1 Å². The standard InChI is InChI=1S/C51H56F3N3O8S3/c1-49(2,46-37-19-8-6-17-35(37)24-27-43(46)55-31-12-14-33-66(58,59)60)30-16-23-41-39-21-10-11-22-40(39)42(48(41)56(5)68(64,65)51(52,53)54)26-29-45-50(3,4)47-38-20-9-7-18-36(38)25-28-44(47)57(45)32-13-15-34-67(61,62)63/h6-11,16-29,55H,12-15,30-34H2,1-5H3,(H,58,59,60)(H,61,62,63)/b23-16+,42-26+,45-29+. The van der Waals surface area contributed by atoms with E-state index in [1.54, 1.807) is 36.4 Å². The smallest absolute Gasteiger partial charge is 0.385 e. The molecule has 17 heteroatoms. The minimum absolute atomic E-state index is 0.162. The van der Waals surface area contributed by atoms with Crippen LogP contribution < -0.4 is 10.2 Å². The quantitative estimate of drug-likeness (QED) is 0.0569. The number of likely N-dealkylation sites (N-methyl/N-ethyl adjacent to an activating group) is 1. The molecule has 0 bridgehead atoms. The lowest BCUT2D eigenvalue weighted by molar-refractivity contribution is -0.0473. The zero-order valence-corrected chi connectivity index (χ0v) is 41.0. The van der Waals surface area contributed by atoms with E-state index in [1.807, 2.05) is 113 Å². The molecule has 1 heterocycles. The van der Waals surface area contributed by atoms with E-state index in [9.17, 15) is 47.5 Å². The Morgan fingerprint density at radius 2 is 1.29 bits per heavy atom. The van der Waals surface area contributed by atoms with Crippen LogP contribution in [0.5, 0.6) is 0 Å². The summed E-state index contributed by atoms with van der Waals surface area (Å²) in [5.41, 5.74) is -1.11. The molecule has 0 atom stereocenters. The minimum Gasteiger partial charge on any atom is -0.385 e. The van der Waals surface area contributed by atoms with Crippen LogP contribution in [0.2, 0.25) is 0 Å². The molecule has 0 spiro atoms. The molecule has 3 N–H and O–H groups in total. The summed E-state index contributed by atoms with van der Waals surface area (Å²) < 4.78 is 135. The van der Waals surface area contributed by atoms with Crippen LogP contribution in [-0.2, 0) is 41.1 Å². The fourth-order valence-corrected chi connectivity index (χ4v) is 11.5. The highest BCUT2D eigenvalue weighted by atomic mass is 32.2. The fourth-order valence-electron chi connectivity index (χ4n) is 9.65. The molecule has 1 aliphatic heterocycles. The Balaban J connectivity index is 1.33. The van der Waals surface area contributed by atoms with Gasteiger partial charge < -0.3 is 10.2 Å². The topological polar surface area (TPSA) is 161 Å². The lowest BCUT2D eigenvalue weighted by Gasteiger charge is -2.29. The van der Waals surface area contributed by atoms with Gasteiger partial charge in [-0.3, -0.25) is 13.4 Å². The van der Waals surface area contributed by atoms with Crippen molar-refractivity contribution >= 4 is 74.3 Å². The van der Waals surface area contributed by atoms with Crippen LogP contribution in [0.4, 0.5) is 24.5 Å². The first-order valence-electron chi connectivity index (χ1n) is 22.3. The number of benzene rings is 5.